The van der Waals surface area contributed by atoms with Gasteiger partial charge in [0.25, 0.3) is 0 Å². The number of carbonyl (C=O) groups excluding carboxylic acids is 1. The first-order valence-corrected chi connectivity index (χ1v) is 8.00. The average Bonchev–Trinajstić information content (AvgIpc) is 3.06. The van der Waals surface area contributed by atoms with E-state index in [1.54, 1.807) is 4.90 Å². The Labute approximate surface area is 131 Å². The van der Waals surface area contributed by atoms with Gasteiger partial charge in [-0.1, -0.05) is 0 Å². The van der Waals surface area contributed by atoms with Gasteiger partial charge in [-0.3, -0.25) is 4.79 Å². The zero-order chi connectivity index (χ0) is 16.4. The highest BCUT2D eigenvalue weighted by Gasteiger charge is 2.49. The summed E-state index contributed by atoms with van der Waals surface area (Å²) in [6, 6.07) is 0.218. The van der Waals surface area contributed by atoms with E-state index in [4.69, 9.17) is 5.73 Å². The van der Waals surface area contributed by atoms with Crippen molar-refractivity contribution in [1.82, 2.24) is 14.5 Å². The van der Waals surface area contributed by atoms with Crippen molar-refractivity contribution in [3.63, 3.8) is 0 Å². The number of rotatable bonds is 1. The molecule has 1 aromatic heterocycles. The lowest BCUT2D eigenvalue weighted by molar-refractivity contribution is -0.148. The molecule has 2 saturated carbocycles. The van der Waals surface area contributed by atoms with Gasteiger partial charge in [-0.2, -0.15) is 13.2 Å². The van der Waals surface area contributed by atoms with Crippen molar-refractivity contribution in [3.8, 4) is 0 Å². The molecule has 4 unspecified atom stereocenters. The van der Waals surface area contributed by atoms with Crippen LogP contribution >= 0.6 is 0 Å². The Morgan fingerprint density at radius 2 is 2.04 bits per heavy atom. The van der Waals surface area contributed by atoms with E-state index >= 15 is 0 Å². The van der Waals surface area contributed by atoms with Crippen molar-refractivity contribution in [2.24, 2.45) is 23.5 Å². The van der Waals surface area contributed by atoms with E-state index in [9.17, 15) is 18.0 Å². The number of carbonyl (C=O) groups is 1. The summed E-state index contributed by atoms with van der Waals surface area (Å²) in [6.07, 6.45) is -0.521. The lowest BCUT2D eigenvalue weighted by Gasteiger charge is -2.37. The monoisotopic (exact) mass is 328 g/mol. The van der Waals surface area contributed by atoms with Crippen LogP contribution in [0, 0.1) is 17.8 Å². The van der Waals surface area contributed by atoms with Crippen molar-refractivity contribution in [3.05, 3.63) is 17.7 Å². The van der Waals surface area contributed by atoms with Crippen molar-refractivity contribution in [2.75, 3.05) is 6.54 Å². The normalized spacial score (nSPS) is 33.1. The van der Waals surface area contributed by atoms with Crippen LogP contribution in [0.15, 0.2) is 6.20 Å². The molecule has 1 aromatic rings. The molecule has 0 bridgehead atoms. The molecular formula is C15H19F3N4O. The fourth-order valence-corrected chi connectivity index (χ4v) is 4.44. The van der Waals surface area contributed by atoms with Crippen LogP contribution in [0.1, 0.15) is 30.8 Å². The highest BCUT2D eigenvalue weighted by atomic mass is 19.4. The Hall–Kier alpha value is -1.57. The molecule has 0 saturated heterocycles. The summed E-state index contributed by atoms with van der Waals surface area (Å²) in [6.45, 7) is 0.665. The molecule has 5 nitrogen and oxygen atoms in total. The summed E-state index contributed by atoms with van der Waals surface area (Å²) in [5, 5.41) is 0. The molecule has 126 valence electrons. The van der Waals surface area contributed by atoms with Crippen LogP contribution in [-0.2, 0) is 24.1 Å². The van der Waals surface area contributed by atoms with Gasteiger partial charge >= 0.3 is 6.18 Å². The van der Waals surface area contributed by atoms with Crippen molar-refractivity contribution >= 4 is 5.91 Å². The maximum absolute atomic E-state index is 12.9. The Bertz CT molecular complexity index is 641. The number of fused-ring (bicyclic) bond motifs is 2. The first kappa shape index (κ1) is 15.0. The number of imidazole rings is 1. The minimum Gasteiger partial charge on any atom is -0.335 e. The second-order valence-electron chi connectivity index (χ2n) is 6.97. The molecule has 1 amide bonds. The molecule has 4 rings (SSSR count). The number of hydrogen-bond donors (Lipinski definition) is 1. The first-order valence-electron chi connectivity index (χ1n) is 8.00. The maximum Gasteiger partial charge on any atom is 0.449 e. The summed E-state index contributed by atoms with van der Waals surface area (Å²) in [5.74, 6) is 0.189. The largest absolute Gasteiger partial charge is 0.449 e. The third-order valence-corrected chi connectivity index (χ3v) is 5.67. The summed E-state index contributed by atoms with van der Waals surface area (Å²) >= 11 is 0. The van der Waals surface area contributed by atoms with Crippen molar-refractivity contribution in [2.45, 2.75) is 44.6 Å². The van der Waals surface area contributed by atoms with Crippen LogP contribution in [-0.4, -0.2) is 32.9 Å². The number of hydrogen-bond acceptors (Lipinski definition) is 3. The van der Waals surface area contributed by atoms with Gasteiger partial charge in [0.1, 0.15) is 0 Å². The molecule has 0 aromatic carbocycles. The Balaban J connectivity index is 1.46. The molecule has 1 aliphatic heterocycles. The molecule has 0 spiro atoms. The van der Waals surface area contributed by atoms with Crippen LogP contribution < -0.4 is 5.73 Å². The van der Waals surface area contributed by atoms with Gasteiger partial charge in [0.15, 0.2) is 0 Å². The van der Waals surface area contributed by atoms with Gasteiger partial charge in [-0.15, -0.1) is 0 Å². The Kier molecular flexibility index (Phi) is 3.23. The van der Waals surface area contributed by atoms with Gasteiger partial charge in [0.2, 0.25) is 11.7 Å². The quantitative estimate of drug-likeness (QED) is 0.852. The standard InChI is InChI=1S/C15H19F3N4O/c16-15(17,18)14-20-6-10-7-21(1-2-22(10)14)13(23)9-3-8-5-12(19)11(8)4-9/h6,8-9,11-12H,1-5,7,19H2. The van der Waals surface area contributed by atoms with Crippen LogP contribution in [0.5, 0.6) is 0 Å². The number of amides is 1. The first-order chi connectivity index (χ1) is 10.8. The molecule has 8 heteroatoms. The van der Waals surface area contributed by atoms with Gasteiger partial charge in [-0.05, 0) is 31.1 Å². The van der Waals surface area contributed by atoms with Gasteiger partial charge in [0.05, 0.1) is 18.4 Å². The molecule has 2 N–H and O–H groups in total. The zero-order valence-corrected chi connectivity index (χ0v) is 12.6. The molecule has 2 fully saturated rings. The predicted octanol–water partition coefficient (Wildman–Crippen LogP) is 1.62. The third-order valence-electron chi connectivity index (χ3n) is 5.67. The number of nitrogens with zero attached hydrogens (tertiary/aromatic N) is 3. The van der Waals surface area contributed by atoms with Crippen molar-refractivity contribution < 1.29 is 18.0 Å². The maximum atomic E-state index is 12.9. The third kappa shape index (κ3) is 2.34. The van der Waals surface area contributed by atoms with E-state index in [1.807, 2.05) is 0 Å². The smallest absolute Gasteiger partial charge is 0.335 e. The number of aromatic nitrogens is 2. The topological polar surface area (TPSA) is 64.2 Å². The van der Waals surface area contributed by atoms with E-state index in [1.165, 1.54) is 10.8 Å². The molecule has 2 heterocycles. The van der Waals surface area contributed by atoms with E-state index in [0.29, 0.717) is 24.1 Å². The highest BCUT2D eigenvalue weighted by molar-refractivity contribution is 5.79. The summed E-state index contributed by atoms with van der Waals surface area (Å²) in [4.78, 5) is 17.8. The fourth-order valence-electron chi connectivity index (χ4n) is 4.44. The van der Waals surface area contributed by atoms with Crippen LogP contribution in [0.2, 0.25) is 0 Å². The predicted molar refractivity (Wildman–Crippen MR) is 74.9 cm³/mol. The second kappa shape index (κ2) is 4.96. The van der Waals surface area contributed by atoms with Gasteiger partial charge in [-0.25, -0.2) is 4.98 Å². The van der Waals surface area contributed by atoms with E-state index in [0.717, 1.165) is 19.3 Å². The highest BCUT2D eigenvalue weighted by Crippen LogP contribution is 2.49. The van der Waals surface area contributed by atoms with Crippen molar-refractivity contribution in [1.29, 1.82) is 0 Å². The average molecular weight is 328 g/mol. The number of halogens is 3. The minimum absolute atomic E-state index is 0.0184. The second-order valence-corrected chi connectivity index (χ2v) is 6.97. The summed E-state index contributed by atoms with van der Waals surface area (Å²) < 4.78 is 39.8. The molecule has 23 heavy (non-hydrogen) atoms. The SMILES string of the molecule is NC1CC2CC(C(=O)N3CCn4c(cnc4C(F)(F)F)C3)CC12. The lowest BCUT2D eigenvalue weighted by atomic mass is 9.72. The molecule has 0 radical (unpaired) electrons. The molecule has 3 aliphatic rings. The number of alkyl halides is 3. The minimum atomic E-state index is -4.45. The Morgan fingerprint density at radius 1 is 1.26 bits per heavy atom. The van der Waals surface area contributed by atoms with Crippen LogP contribution in [0.4, 0.5) is 13.2 Å². The summed E-state index contributed by atoms with van der Waals surface area (Å²) in [7, 11) is 0. The van der Waals surface area contributed by atoms with Crippen LogP contribution in [0.25, 0.3) is 0 Å². The van der Waals surface area contributed by atoms with Crippen LogP contribution in [0.3, 0.4) is 0 Å². The van der Waals surface area contributed by atoms with E-state index < -0.39 is 12.0 Å². The Morgan fingerprint density at radius 3 is 2.70 bits per heavy atom. The van der Waals surface area contributed by atoms with Gasteiger partial charge < -0.3 is 15.2 Å². The molecular weight excluding hydrogens is 309 g/mol. The zero-order valence-electron chi connectivity index (χ0n) is 12.6. The van der Waals surface area contributed by atoms with E-state index in [-0.39, 0.29) is 31.0 Å². The lowest BCUT2D eigenvalue weighted by Crippen LogP contribution is -2.44. The fraction of sp³-hybridized carbons (Fsp3) is 0.733. The molecule has 2 aliphatic carbocycles. The van der Waals surface area contributed by atoms with E-state index in [2.05, 4.69) is 4.98 Å². The summed E-state index contributed by atoms with van der Waals surface area (Å²) in [5.41, 5.74) is 6.42. The molecule has 4 atom stereocenters. The van der Waals surface area contributed by atoms with Gasteiger partial charge in [0, 0.05) is 25.0 Å². The number of nitrogens with two attached hydrogens (primary N) is 1.